The lowest BCUT2D eigenvalue weighted by atomic mass is 9.81. The summed E-state index contributed by atoms with van der Waals surface area (Å²) < 4.78 is 18.8. The van der Waals surface area contributed by atoms with Gasteiger partial charge >= 0.3 is 8.24 Å². The molecule has 3 nitrogen and oxygen atoms in total. The van der Waals surface area contributed by atoms with Crippen LogP contribution in [0.1, 0.15) is 91.5 Å². The Balaban J connectivity index is 2.62. The molecule has 0 bridgehead atoms. The molecule has 3 aromatic rings. The van der Waals surface area contributed by atoms with Crippen LogP contribution in [-0.2, 0) is 23.7 Å². The molecule has 0 saturated carbocycles. The van der Waals surface area contributed by atoms with Crippen LogP contribution in [0.2, 0.25) is 0 Å². The minimum atomic E-state index is -1.55. The van der Waals surface area contributed by atoms with Gasteiger partial charge in [0.05, 0.1) is 7.11 Å². The zero-order valence-electron chi connectivity index (χ0n) is 22.6. The average molecular weight is 471 g/mol. The summed E-state index contributed by atoms with van der Waals surface area (Å²) in [5, 5.41) is 2.26. The van der Waals surface area contributed by atoms with E-state index in [9.17, 15) is 0 Å². The van der Waals surface area contributed by atoms with Crippen LogP contribution in [0.15, 0.2) is 32.7 Å². The first-order chi connectivity index (χ1) is 15.2. The quantitative estimate of drug-likeness (QED) is 0.372. The molecule has 0 saturated heterocycles. The third-order valence-corrected chi connectivity index (χ3v) is 6.93. The Morgan fingerprint density at radius 2 is 1.06 bits per heavy atom. The lowest BCUT2D eigenvalue weighted by Crippen LogP contribution is -2.13. The molecule has 33 heavy (non-hydrogen) atoms. The normalized spacial score (nSPS) is 13.0. The maximum atomic E-state index is 6.52. The van der Waals surface area contributed by atoms with Crippen LogP contribution in [0.25, 0.3) is 21.9 Å². The fourth-order valence-corrected chi connectivity index (χ4v) is 5.39. The summed E-state index contributed by atoms with van der Waals surface area (Å²) in [5.41, 5.74) is 6.78. The van der Waals surface area contributed by atoms with Gasteiger partial charge in [0.15, 0.2) is 0 Å². The van der Waals surface area contributed by atoms with Crippen LogP contribution in [0.3, 0.4) is 0 Å². The van der Waals surface area contributed by atoms with Crippen LogP contribution in [0, 0.1) is 11.8 Å². The summed E-state index contributed by atoms with van der Waals surface area (Å²) in [6.45, 7) is 22.6. The summed E-state index contributed by atoms with van der Waals surface area (Å²) >= 11 is 0. The third kappa shape index (κ3) is 5.87. The van der Waals surface area contributed by atoms with Gasteiger partial charge in [-0.3, -0.25) is 4.52 Å². The average Bonchev–Trinajstić information content (AvgIpc) is 2.81. The standard InChI is InChI=1S/C29H43O3P/c1-18(2)12-20-14-22-23-15-21(13-19(3)4)17-25(29(8,9)10)27(23)32-33(30-11)31-26(22)24(16-20)28(5,6)7/h14-19H,12-13H2,1-11H3. The van der Waals surface area contributed by atoms with E-state index in [4.69, 9.17) is 12.9 Å². The molecule has 0 aliphatic rings. The van der Waals surface area contributed by atoms with E-state index in [-0.39, 0.29) is 10.8 Å². The number of rotatable bonds is 5. The molecule has 3 rings (SSSR count). The van der Waals surface area contributed by atoms with Crippen molar-refractivity contribution in [1.82, 2.24) is 0 Å². The van der Waals surface area contributed by atoms with Gasteiger partial charge in [-0.2, -0.15) is 0 Å². The predicted octanol–water partition coefficient (Wildman–Crippen LogP) is 9.34. The van der Waals surface area contributed by atoms with E-state index in [2.05, 4.69) is 93.5 Å². The van der Waals surface area contributed by atoms with E-state index in [1.807, 2.05) is 0 Å². The molecule has 0 aliphatic carbocycles. The summed E-state index contributed by atoms with van der Waals surface area (Å²) in [5.74, 6) is 1.15. The Bertz CT molecular complexity index is 1080. The molecule has 1 aromatic heterocycles. The Kier molecular flexibility index (Phi) is 7.47. The van der Waals surface area contributed by atoms with Crippen molar-refractivity contribution in [3.8, 4) is 0 Å². The van der Waals surface area contributed by atoms with Crippen molar-refractivity contribution < 1.29 is 12.9 Å². The Morgan fingerprint density at radius 1 is 0.697 bits per heavy atom. The molecule has 0 fully saturated rings. The second-order valence-electron chi connectivity index (χ2n) is 12.3. The molecule has 0 amide bonds. The number of hydrogen-bond donors (Lipinski definition) is 0. The molecule has 0 unspecified atom stereocenters. The molecule has 0 aliphatic heterocycles. The van der Waals surface area contributed by atoms with E-state index < -0.39 is 8.24 Å². The summed E-state index contributed by atoms with van der Waals surface area (Å²) in [4.78, 5) is 0. The second-order valence-corrected chi connectivity index (χ2v) is 13.5. The topological polar surface area (TPSA) is 35.5 Å². The maximum Gasteiger partial charge on any atom is 0.387 e. The number of hydrogen-bond acceptors (Lipinski definition) is 3. The van der Waals surface area contributed by atoms with E-state index in [1.54, 1.807) is 7.11 Å². The van der Waals surface area contributed by atoms with Crippen molar-refractivity contribution in [1.29, 1.82) is 0 Å². The first-order valence-electron chi connectivity index (χ1n) is 12.3. The van der Waals surface area contributed by atoms with Crippen molar-refractivity contribution in [2.24, 2.45) is 11.8 Å². The highest BCUT2D eigenvalue weighted by Gasteiger charge is 2.25. The van der Waals surface area contributed by atoms with Crippen molar-refractivity contribution in [2.45, 2.75) is 92.9 Å². The van der Waals surface area contributed by atoms with Crippen LogP contribution >= 0.6 is 8.24 Å². The van der Waals surface area contributed by atoms with Gasteiger partial charge < -0.3 is 8.39 Å². The minimum absolute atomic E-state index is 0.0707. The fourth-order valence-electron chi connectivity index (χ4n) is 4.51. The highest BCUT2D eigenvalue weighted by atomic mass is 31.1. The Labute approximate surface area is 201 Å². The Hall–Kier alpha value is -1.70. The minimum Gasteiger partial charge on any atom is -0.399 e. The van der Waals surface area contributed by atoms with Gasteiger partial charge in [0.25, 0.3) is 0 Å². The van der Waals surface area contributed by atoms with Crippen LogP contribution in [-0.4, -0.2) is 7.11 Å². The van der Waals surface area contributed by atoms with Crippen molar-refractivity contribution in [2.75, 3.05) is 7.11 Å². The molecule has 0 spiro atoms. The van der Waals surface area contributed by atoms with Gasteiger partial charge in [-0.1, -0.05) is 81.4 Å². The predicted molar refractivity (Wildman–Crippen MR) is 143 cm³/mol. The zero-order chi connectivity index (χ0) is 24.7. The van der Waals surface area contributed by atoms with Crippen LogP contribution in [0.4, 0.5) is 0 Å². The highest BCUT2D eigenvalue weighted by Crippen LogP contribution is 2.43. The zero-order valence-corrected chi connectivity index (χ0v) is 23.4. The first-order valence-corrected chi connectivity index (χ1v) is 13.4. The molecule has 2 aromatic carbocycles. The van der Waals surface area contributed by atoms with Crippen molar-refractivity contribution in [3.05, 3.63) is 46.5 Å². The van der Waals surface area contributed by atoms with Crippen molar-refractivity contribution >= 4 is 30.2 Å². The third-order valence-electron chi connectivity index (χ3n) is 5.97. The molecular weight excluding hydrogens is 427 g/mol. The molecule has 4 heteroatoms. The molecule has 0 atom stereocenters. The number of fused-ring (bicyclic) bond motifs is 3. The van der Waals surface area contributed by atoms with Gasteiger partial charge in [-0.05, 0) is 58.8 Å². The second kappa shape index (κ2) is 9.51. The van der Waals surface area contributed by atoms with Crippen molar-refractivity contribution in [3.63, 3.8) is 0 Å². The SMILES string of the molecule is COp1oc2c(C(C)(C)C)cc(CC(C)C)cc2c2cc(CC(C)C)cc(C(C)(C)C)c2o1. The van der Waals surface area contributed by atoms with Crippen LogP contribution in [0.5, 0.6) is 0 Å². The lowest BCUT2D eigenvalue weighted by molar-refractivity contribution is 0.450. The lowest BCUT2D eigenvalue weighted by Gasteiger charge is -2.22. The molecule has 0 N–H and O–H groups in total. The molecule has 1 heterocycles. The van der Waals surface area contributed by atoms with E-state index in [1.165, 1.54) is 22.3 Å². The highest BCUT2D eigenvalue weighted by molar-refractivity contribution is 7.31. The van der Waals surface area contributed by atoms with Gasteiger partial charge in [-0.25, -0.2) is 0 Å². The molecule has 182 valence electrons. The fraction of sp³-hybridized carbons (Fsp3) is 0.586. The van der Waals surface area contributed by atoms with E-state index in [0.29, 0.717) is 11.8 Å². The van der Waals surface area contributed by atoms with Gasteiger partial charge in [0.2, 0.25) is 0 Å². The van der Waals surface area contributed by atoms with Crippen LogP contribution < -0.4 is 4.52 Å². The van der Waals surface area contributed by atoms with Gasteiger partial charge in [0.1, 0.15) is 11.2 Å². The molecular formula is C29H43O3P. The Morgan fingerprint density at radius 3 is 1.33 bits per heavy atom. The van der Waals surface area contributed by atoms with Gasteiger partial charge in [-0.15, -0.1) is 0 Å². The van der Waals surface area contributed by atoms with Gasteiger partial charge in [0, 0.05) is 21.9 Å². The monoisotopic (exact) mass is 470 g/mol. The summed E-state index contributed by atoms with van der Waals surface area (Å²) in [6, 6.07) is 9.31. The summed E-state index contributed by atoms with van der Waals surface area (Å²) in [6.07, 6.45) is 2.06. The summed E-state index contributed by atoms with van der Waals surface area (Å²) in [7, 11) is 0.122. The number of benzene rings is 2. The first kappa shape index (κ1) is 25.9. The largest absolute Gasteiger partial charge is 0.399 e. The smallest absolute Gasteiger partial charge is 0.387 e. The maximum absolute atomic E-state index is 6.52. The van der Waals surface area contributed by atoms with E-state index >= 15 is 0 Å². The molecule has 0 radical (unpaired) electrons. The van der Waals surface area contributed by atoms with E-state index in [0.717, 1.165) is 34.8 Å².